The fourth-order valence-corrected chi connectivity index (χ4v) is 3.15. The third-order valence-electron chi connectivity index (χ3n) is 2.68. The van der Waals surface area contributed by atoms with Gasteiger partial charge < -0.3 is 9.26 Å². The Hall–Kier alpha value is -1.32. The van der Waals surface area contributed by atoms with Crippen molar-refractivity contribution >= 4 is 13.5 Å². The molecule has 0 saturated carbocycles. The molecule has 0 saturated heterocycles. The summed E-state index contributed by atoms with van der Waals surface area (Å²) in [4.78, 5) is 11.6. The predicted octanol–water partition coefficient (Wildman–Crippen LogP) is 3.21. The quantitative estimate of drug-likeness (QED) is 0.618. The Kier molecular flexibility index (Phi) is 6.24. The van der Waals surface area contributed by atoms with Crippen LogP contribution in [0.2, 0.25) is 0 Å². The molecule has 1 aromatic carbocycles. The van der Waals surface area contributed by atoms with Crippen LogP contribution in [0.1, 0.15) is 27.7 Å². The van der Waals surface area contributed by atoms with Crippen molar-refractivity contribution in [3.63, 3.8) is 0 Å². The van der Waals surface area contributed by atoms with Gasteiger partial charge in [0.2, 0.25) is 0 Å². The largest absolute Gasteiger partial charge is 0.465 e. The average molecular weight is 299 g/mol. The molecule has 0 aliphatic heterocycles. The lowest BCUT2D eigenvalue weighted by molar-refractivity contribution is -0.144. The summed E-state index contributed by atoms with van der Waals surface area (Å²) in [5.74, 6) is 0.0677. The number of carbonyl (C=O) groups is 1. The Morgan fingerprint density at radius 1 is 1.25 bits per heavy atom. The van der Waals surface area contributed by atoms with E-state index in [4.69, 9.17) is 9.26 Å². The van der Waals surface area contributed by atoms with Crippen LogP contribution < -0.4 is 9.61 Å². The van der Waals surface area contributed by atoms with Gasteiger partial charge >= 0.3 is 13.5 Å². The molecule has 112 valence electrons. The Morgan fingerprint density at radius 3 is 2.35 bits per heavy atom. The zero-order chi connectivity index (χ0) is 15.2. The number of hydrogen-bond donors (Lipinski definition) is 1. The summed E-state index contributed by atoms with van der Waals surface area (Å²) < 4.78 is 23.4. The van der Waals surface area contributed by atoms with Crippen LogP contribution in [0.15, 0.2) is 30.3 Å². The SMILES string of the molecule is CCOC(=O)[C@@H](C)NP(=O)(Oc1ccccc1)C(C)C. The number of nitrogens with one attached hydrogen (secondary N) is 1. The number of benzene rings is 1. The molecule has 2 atom stereocenters. The lowest BCUT2D eigenvalue weighted by Crippen LogP contribution is -2.36. The van der Waals surface area contributed by atoms with E-state index < -0.39 is 19.5 Å². The highest BCUT2D eigenvalue weighted by Gasteiger charge is 2.33. The van der Waals surface area contributed by atoms with Gasteiger partial charge in [0.15, 0.2) is 0 Å². The van der Waals surface area contributed by atoms with Crippen LogP contribution >= 0.6 is 7.52 Å². The standard InChI is InChI=1S/C14H22NO4P/c1-5-18-14(16)12(4)15-20(17,11(2)3)19-13-9-7-6-8-10-13/h6-12H,5H2,1-4H3,(H,15,17)/t12-,20?/m1/s1. The zero-order valence-electron chi connectivity index (χ0n) is 12.3. The van der Waals surface area contributed by atoms with E-state index in [1.165, 1.54) is 0 Å². The fourth-order valence-electron chi connectivity index (χ4n) is 1.51. The van der Waals surface area contributed by atoms with Crippen LogP contribution in [0.25, 0.3) is 0 Å². The van der Waals surface area contributed by atoms with Crippen molar-refractivity contribution in [2.75, 3.05) is 6.61 Å². The Labute approximate surface area is 120 Å². The molecule has 1 aromatic rings. The molecule has 0 aliphatic rings. The van der Waals surface area contributed by atoms with Gasteiger partial charge in [-0.2, -0.15) is 0 Å². The predicted molar refractivity (Wildman–Crippen MR) is 79.0 cm³/mol. The third kappa shape index (κ3) is 4.66. The number of ether oxygens (including phenoxy) is 1. The van der Waals surface area contributed by atoms with E-state index in [2.05, 4.69) is 5.09 Å². The minimum atomic E-state index is -3.20. The van der Waals surface area contributed by atoms with E-state index in [0.29, 0.717) is 5.75 Å². The number of carbonyl (C=O) groups excluding carboxylic acids is 1. The highest BCUT2D eigenvalue weighted by atomic mass is 31.2. The minimum Gasteiger partial charge on any atom is -0.465 e. The first kappa shape index (κ1) is 16.7. The molecule has 0 aliphatic carbocycles. The van der Waals surface area contributed by atoms with Gasteiger partial charge in [0.05, 0.1) is 12.3 Å². The second-order valence-corrected chi connectivity index (χ2v) is 7.37. The molecule has 5 nitrogen and oxygen atoms in total. The summed E-state index contributed by atoms with van der Waals surface area (Å²) in [6.07, 6.45) is 0. The maximum atomic E-state index is 12.9. The molecular formula is C14H22NO4P. The number of esters is 1. The molecule has 20 heavy (non-hydrogen) atoms. The van der Waals surface area contributed by atoms with Gasteiger partial charge in [0.1, 0.15) is 11.8 Å². The molecule has 0 heterocycles. The molecule has 0 radical (unpaired) electrons. The topological polar surface area (TPSA) is 64.6 Å². The minimum absolute atomic E-state index is 0.264. The second kappa shape index (κ2) is 7.46. The van der Waals surface area contributed by atoms with E-state index in [-0.39, 0.29) is 12.3 Å². The van der Waals surface area contributed by atoms with Crippen molar-refractivity contribution in [1.82, 2.24) is 5.09 Å². The van der Waals surface area contributed by atoms with Crippen molar-refractivity contribution < 1.29 is 18.6 Å². The number of hydrogen-bond acceptors (Lipinski definition) is 4. The Morgan fingerprint density at radius 2 is 1.85 bits per heavy atom. The molecule has 0 spiro atoms. The first-order chi connectivity index (χ1) is 9.39. The number of rotatable bonds is 7. The van der Waals surface area contributed by atoms with Crippen molar-refractivity contribution in [3.05, 3.63) is 30.3 Å². The van der Waals surface area contributed by atoms with Gasteiger partial charge in [-0.25, -0.2) is 5.09 Å². The second-order valence-electron chi connectivity index (χ2n) is 4.70. The molecule has 0 aromatic heterocycles. The maximum Gasteiger partial charge on any atom is 0.323 e. The molecule has 1 rings (SSSR count). The molecule has 6 heteroatoms. The molecule has 0 amide bonds. The highest BCUT2D eigenvalue weighted by Crippen LogP contribution is 2.48. The van der Waals surface area contributed by atoms with Crippen LogP contribution in [0, 0.1) is 0 Å². The van der Waals surface area contributed by atoms with Gasteiger partial charge in [0.25, 0.3) is 0 Å². The van der Waals surface area contributed by atoms with Crippen LogP contribution in [-0.4, -0.2) is 24.3 Å². The molecule has 1 unspecified atom stereocenters. The summed E-state index contributed by atoms with van der Waals surface area (Å²) in [6.45, 7) is 7.20. The van der Waals surface area contributed by atoms with Gasteiger partial charge in [-0.3, -0.25) is 9.36 Å². The number of para-hydroxylation sites is 1. The van der Waals surface area contributed by atoms with E-state index in [9.17, 15) is 9.36 Å². The molecule has 0 bridgehead atoms. The van der Waals surface area contributed by atoms with Crippen LogP contribution in [0.3, 0.4) is 0 Å². The van der Waals surface area contributed by atoms with Crippen molar-refractivity contribution in [3.8, 4) is 5.75 Å². The van der Waals surface area contributed by atoms with Gasteiger partial charge in [-0.05, 0) is 26.0 Å². The summed E-state index contributed by atoms with van der Waals surface area (Å²) in [5, 5.41) is 2.78. The van der Waals surface area contributed by atoms with Crippen LogP contribution in [0.4, 0.5) is 0 Å². The highest BCUT2D eigenvalue weighted by molar-refractivity contribution is 7.58. The smallest absolute Gasteiger partial charge is 0.323 e. The molecule has 1 N–H and O–H groups in total. The zero-order valence-corrected chi connectivity index (χ0v) is 13.2. The first-order valence-corrected chi connectivity index (χ1v) is 8.37. The van der Waals surface area contributed by atoms with E-state index in [0.717, 1.165) is 0 Å². The van der Waals surface area contributed by atoms with Gasteiger partial charge in [-0.1, -0.05) is 32.0 Å². The maximum absolute atomic E-state index is 12.9. The average Bonchev–Trinajstić information content (AvgIpc) is 2.39. The third-order valence-corrected chi connectivity index (χ3v) is 5.27. The summed E-state index contributed by atoms with van der Waals surface area (Å²) >= 11 is 0. The summed E-state index contributed by atoms with van der Waals surface area (Å²) in [6, 6.07) is 8.22. The summed E-state index contributed by atoms with van der Waals surface area (Å²) in [5.41, 5.74) is -0.264. The van der Waals surface area contributed by atoms with Crippen molar-refractivity contribution in [2.24, 2.45) is 0 Å². The van der Waals surface area contributed by atoms with E-state index >= 15 is 0 Å². The molecule has 0 fully saturated rings. The van der Waals surface area contributed by atoms with E-state index in [1.807, 2.05) is 6.07 Å². The normalized spacial score (nSPS) is 15.4. The van der Waals surface area contributed by atoms with Gasteiger partial charge in [0, 0.05) is 0 Å². The van der Waals surface area contributed by atoms with Crippen molar-refractivity contribution in [1.29, 1.82) is 0 Å². The summed E-state index contributed by atoms with van der Waals surface area (Å²) in [7, 11) is -3.20. The van der Waals surface area contributed by atoms with Gasteiger partial charge in [-0.15, -0.1) is 0 Å². The Bertz CT molecular complexity index is 475. The first-order valence-electron chi connectivity index (χ1n) is 6.68. The van der Waals surface area contributed by atoms with Crippen molar-refractivity contribution in [2.45, 2.75) is 39.4 Å². The van der Waals surface area contributed by atoms with Crippen LogP contribution in [0.5, 0.6) is 5.75 Å². The van der Waals surface area contributed by atoms with Crippen LogP contribution in [-0.2, 0) is 14.1 Å². The van der Waals surface area contributed by atoms with E-state index in [1.54, 1.807) is 52.0 Å². The monoisotopic (exact) mass is 299 g/mol. The fraction of sp³-hybridized carbons (Fsp3) is 0.500. The molecular weight excluding hydrogens is 277 g/mol. The lowest BCUT2D eigenvalue weighted by atomic mass is 10.3. The lowest BCUT2D eigenvalue weighted by Gasteiger charge is -2.26. The Balaban J connectivity index is 2.82.